The minimum atomic E-state index is -0.476. The van der Waals surface area contributed by atoms with Crippen molar-refractivity contribution in [3.8, 4) is 0 Å². The van der Waals surface area contributed by atoms with Gasteiger partial charge in [0, 0.05) is 17.9 Å². The topological polar surface area (TPSA) is 32.7 Å². The molecular formula is C29H40N2O. The molecule has 0 radical (unpaired) electrons. The molecule has 1 saturated carbocycles. The van der Waals surface area contributed by atoms with Gasteiger partial charge in [-0.3, -0.25) is 9.79 Å². The first-order valence-electron chi connectivity index (χ1n) is 12.2. The van der Waals surface area contributed by atoms with E-state index in [-0.39, 0.29) is 5.91 Å². The molecule has 1 heterocycles. The molecule has 0 spiro atoms. The Bertz CT molecular complexity index is 986. The van der Waals surface area contributed by atoms with E-state index in [4.69, 9.17) is 4.99 Å². The van der Waals surface area contributed by atoms with E-state index in [9.17, 15) is 4.79 Å². The first kappa shape index (κ1) is 24.2. The van der Waals surface area contributed by atoms with Crippen molar-refractivity contribution in [3.63, 3.8) is 0 Å². The number of benzene rings is 1. The highest BCUT2D eigenvalue weighted by atomic mass is 16.2. The molecule has 172 valence electrons. The fourth-order valence-corrected chi connectivity index (χ4v) is 4.76. The summed E-state index contributed by atoms with van der Waals surface area (Å²) in [6.45, 7) is 19.3. The molecule has 1 aliphatic heterocycles. The Morgan fingerprint density at radius 3 is 2.50 bits per heavy atom. The largest absolute Gasteiger partial charge is 0.308 e. The maximum Gasteiger partial charge on any atom is 0.237 e. The summed E-state index contributed by atoms with van der Waals surface area (Å²) in [5.74, 6) is 0.979. The van der Waals surface area contributed by atoms with E-state index in [1.807, 2.05) is 6.21 Å². The quantitative estimate of drug-likeness (QED) is 0.307. The Balaban J connectivity index is 1.99. The van der Waals surface area contributed by atoms with Crippen LogP contribution in [0.2, 0.25) is 0 Å². The Morgan fingerprint density at radius 2 is 1.91 bits per heavy atom. The standard InChI is InChI=1S/C29H40N2O/c1-9-14-30-26(21(6)19(4)10-2)15-20(5)23-12-13-25-27(18-23)31(28(32)29(25,7)8)24-16-22(11-3)17-24/h12-15,18,22,24H,5,9-11,16-17H2,1-4,6-8H3/b21-19+,26-15+,30-14?. The third-order valence-corrected chi connectivity index (χ3v) is 7.49. The smallest absolute Gasteiger partial charge is 0.237 e. The molecule has 1 aromatic rings. The maximum atomic E-state index is 13.4. The van der Waals surface area contributed by atoms with E-state index in [0.717, 1.165) is 59.7 Å². The number of carbonyl (C=O) groups is 1. The van der Waals surface area contributed by atoms with Crippen molar-refractivity contribution in [3.05, 3.63) is 58.8 Å². The summed E-state index contributed by atoms with van der Waals surface area (Å²) < 4.78 is 0. The lowest BCUT2D eigenvalue weighted by molar-refractivity contribution is -0.123. The molecule has 0 saturated heterocycles. The molecule has 1 amide bonds. The number of allylic oxidation sites excluding steroid dienone is 4. The summed E-state index contributed by atoms with van der Waals surface area (Å²) in [7, 11) is 0. The number of rotatable bonds is 8. The molecule has 3 heteroatoms. The Kier molecular flexibility index (Phi) is 7.27. The second kappa shape index (κ2) is 9.60. The summed E-state index contributed by atoms with van der Waals surface area (Å²) in [5, 5.41) is 0. The highest BCUT2D eigenvalue weighted by Crippen LogP contribution is 2.48. The molecule has 3 rings (SSSR count). The van der Waals surface area contributed by atoms with Gasteiger partial charge < -0.3 is 4.90 Å². The maximum absolute atomic E-state index is 13.4. The predicted octanol–water partition coefficient (Wildman–Crippen LogP) is 7.62. The van der Waals surface area contributed by atoms with Crippen LogP contribution in [0.25, 0.3) is 5.57 Å². The van der Waals surface area contributed by atoms with Gasteiger partial charge in [-0.05, 0) is 93.7 Å². The van der Waals surface area contributed by atoms with Gasteiger partial charge in [0.2, 0.25) is 5.91 Å². The van der Waals surface area contributed by atoms with Crippen LogP contribution in [-0.2, 0) is 10.2 Å². The average Bonchev–Trinajstić information content (AvgIpc) is 2.95. The third kappa shape index (κ3) is 4.40. The monoisotopic (exact) mass is 432 g/mol. The molecule has 32 heavy (non-hydrogen) atoms. The third-order valence-electron chi connectivity index (χ3n) is 7.49. The van der Waals surface area contributed by atoms with Crippen LogP contribution in [0.3, 0.4) is 0 Å². The molecular weight excluding hydrogens is 392 g/mol. The van der Waals surface area contributed by atoms with E-state index in [1.54, 1.807) is 0 Å². The highest BCUT2D eigenvalue weighted by Gasteiger charge is 2.48. The van der Waals surface area contributed by atoms with Crippen LogP contribution >= 0.6 is 0 Å². The zero-order valence-electron chi connectivity index (χ0n) is 21.1. The molecule has 0 unspecified atom stereocenters. The number of nitrogens with zero attached hydrogens (tertiary/aromatic N) is 2. The lowest BCUT2D eigenvalue weighted by atomic mass is 9.77. The van der Waals surface area contributed by atoms with Crippen LogP contribution in [0.15, 0.2) is 52.7 Å². The van der Waals surface area contributed by atoms with Crippen LogP contribution in [-0.4, -0.2) is 18.2 Å². The van der Waals surface area contributed by atoms with Gasteiger partial charge in [-0.15, -0.1) is 0 Å². The first-order valence-corrected chi connectivity index (χ1v) is 12.2. The summed E-state index contributed by atoms with van der Waals surface area (Å²) in [6.07, 6.45) is 9.36. The zero-order chi connectivity index (χ0) is 23.6. The second-order valence-electron chi connectivity index (χ2n) is 9.97. The molecule has 0 N–H and O–H groups in total. The van der Waals surface area contributed by atoms with E-state index >= 15 is 0 Å². The Hall–Kier alpha value is -2.42. The highest BCUT2D eigenvalue weighted by molar-refractivity contribution is 6.08. The molecule has 1 fully saturated rings. The summed E-state index contributed by atoms with van der Waals surface area (Å²) in [5.41, 5.74) is 7.21. The number of hydrogen-bond acceptors (Lipinski definition) is 2. The number of hydrogen-bond donors (Lipinski definition) is 0. The molecule has 0 aromatic heterocycles. The summed E-state index contributed by atoms with van der Waals surface area (Å²) in [6, 6.07) is 6.74. The molecule has 0 atom stereocenters. The summed E-state index contributed by atoms with van der Waals surface area (Å²) in [4.78, 5) is 20.2. The van der Waals surface area contributed by atoms with E-state index in [1.165, 1.54) is 17.6 Å². The number of anilines is 1. The van der Waals surface area contributed by atoms with Crippen LogP contribution < -0.4 is 4.90 Å². The fraction of sp³-hybridized carbons (Fsp3) is 0.517. The van der Waals surface area contributed by atoms with Crippen LogP contribution in [0, 0.1) is 5.92 Å². The molecule has 3 nitrogen and oxygen atoms in total. The predicted molar refractivity (Wildman–Crippen MR) is 138 cm³/mol. The summed E-state index contributed by atoms with van der Waals surface area (Å²) >= 11 is 0. The number of fused-ring (bicyclic) bond motifs is 1. The molecule has 2 aliphatic rings. The second-order valence-corrected chi connectivity index (χ2v) is 9.97. The number of aliphatic imine (C=N–C) groups is 1. The average molecular weight is 433 g/mol. The van der Waals surface area contributed by atoms with Gasteiger partial charge in [0.25, 0.3) is 0 Å². The lowest BCUT2D eigenvalue weighted by Crippen LogP contribution is -2.49. The van der Waals surface area contributed by atoms with E-state index < -0.39 is 5.41 Å². The van der Waals surface area contributed by atoms with Gasteiger partial charge in [-0.2, -0.15) is 0 Å². The van der Waals surface area contributed by atoms with E-state index in [2.05, 4.69) is 84.2 Å². The molecule has 1 aliphatic carbocycles. The van der Waals surface area contributed by atoms with Gasteiger partial charge in [-0.1, -0.05) is 51.5 Å². The van der Waals surface area contributed by atoms with Gasteiger partial charge in [0.05, 0.1) is 11.1 Å². The number of carbonyl (C=O) groups excluding carboxylic acids is 1. The van der Waals surface area contributed by atoms with Crippen LogP contribution in [0.1, 0.15) is 91.7 Å². The molecule has 0 bridgehead atoms. The lowest BCUT2D eigenvalue weighted by Gasteiger charge is -2.41. The fourth-order valence-electron chi connectivity index (χ4n) is 4.76. The van der Waals surface area contributed by atoms with Crippen molar-refractivity contribution in [2.75, 3.05) is 4.90 Å². The normalized spacial score (nSPS) is 23.3. The van der Waals surface area contributed by atoms with Crippen molar-refractivity contribution in [2.45, 2.75) is 92.0 Å². The van der Waals surface area contributed by atoms with Crippen molar-refractivity contribution in [2.24, 2.45) is 10.9 Å². The van der Waals surface area contributed by atoms with Crippen molar-refractivity contribution in [1.82, 2.24) is 0 Å². The van der Waals surface area contributed by atoms with E-state index in [0.29, 0.717) is 6.04 Å². The van der Waals surface area contributed by atoms with Crippen molar-refractivity contribution in [1.29, 1.82) is 0 Å². The zero-order valence-corrected chi connectivity index (χ0v) is 21.1. The first-order chi connectivity index (χ1) is 15.1. The Morgan fingerprint density at radius 1 is 1.22 bits per heavy atom. The minimum Gasteiger partial charge on any atom is -0.308 e. The number of amides is 1. The van der Waals surface area contributed by atoms with Crippen molar-refractivity contribution >= 4 is 23.4 Å². The minimum absolute atomic E-state index is 0.232. The Labute approximate surface area is 195 Å². The van der Waals surface area contributed by atoms with Gasteiger partial charge >= 0.3 is 0 Å². The molecule has 1 aromatic carbocycles. The van der Waals surface area contributed by atoms with Crippen LogP contribution in [0.5, 0.6) is 0 Å². The van der Waals surface area contributed by atoms with Crippen LogP contribution in [0.4, 0.5) is 5.69 Å². The van der Waals surface area contributed by atoms with Crippen molar-refractivity contribution < 1.29 is 4.79 Å². The van der Waals surface area contributed by atoms with Gasteiger partial charge in [-0.25, -0.2) is 0 Å². The SMILES string of the molecule is C=C(/C=C(N=CCC)\C(C)=C(/C)CC)c1ccc2c(c1)N(C1CC(CC)C1)C(=O)C2(C)C. The van der Waals surface area contributed by atoms with Gasteiger partial charge in [0.1, 0.15) is 0 Å². The van der Waals surface area contributed by atoms with Gasteiger partial charge in [0.15, 0.2) is 0 Å².